The maximum atomic E-state index is 12.6. The molecule has 3 aliphatic rings. The lowest BCUT2D eigenvalue weighted by atomic mass is 10.1. The lowest BCUT2D eigenvalue weighted by Gasteiger charge is -2.32. The van der Waals surface area contributed by atoms with Crippen LogP contribution in [-0.4, -0.2) is 259 Å². The molecule has 0 unspecified atom stereocenters. The molecule has 6 rings (SSSR count). The van der Waals surface area contributed by atoms with Gasteiger partial charge >= 0.3 is 0 Å². The molecule has 3 fully saturated rings. The molecule has 3 heterocycles. The lowest BCUT2D eigenvalue weighted by molar-refractivity contribution is -0.128. The van der Waals surface area contributed by atoms with Crippen LogP contribution in [-0.2, 0) is 49.2 Å². The number of likely N-dealkylation sites (N-methyl/N-ethyl adjacent to an activating group) is 4. The number of carbonyl (C=O) groups is 3. The number of ketones is 2. The molecular weight excluding hydrogens is 1280 g/mol. The van der Waals surface area contributed by atoms with E-state index in [0.29, 0.717) is 12.8 Å². The Morgan fingerprint density at radius 2 is 0.765 bits per heavy atom. The third kappa shape index (κ3) is 27.0. The van der Waals surface area contributed by atoms with Gasteiger partial charge < -0.3 is 39.9 Å². The topological polar surface area (TPSA) is 218 Å². The molecule has 3 saturated heterocycles. The van der Waals surface area contributed by atoms with Crippen molar-refractivity contribution in [3.63, 3.8) is 0 Å². The third-order valence-electron chi connectivity index (χ3n) is 14.6. The first-order valence-corrected chi connectivity index (χ1v) is 35.0. The molecule has 0 aliphatic carbocycles. The Balaban J connectivity index is 0.000000312. The van der Waals surface area contributed by atoms with Crippen LogP contribution in [0.25, 0.3) is 0 Å². The van der Waals surface area contributed by atoms with E-state index in [-0.39, 0.29) is 102 Å². The Morgan fingerprint density at radius 3 is 1.06 bits per heavy atom. The smallest absolute Gasteiger partial charge is 0.293 e. The minimum atomic E-state index is -3.78. The normalized spacial score (nSPS) is 16.3. The van der Waals surface area contributed by atoms with E-state index >= 15 is 0 Å². The molecule has 3 aromatic rings. The Morgan fingerprint density at radius 1 is 0.471 bits per heavy atom. The molecule has 0 aromatic heterocycles. The molecule has 0 bridgehead atoms. The minimum Gasteiger partial charge on any atom is -0.466 e. The second kappa shape index (κ2) is 39.7. The number of ether oxygens (including phenoxy) is 1. The van der Waals surface area contributed by atoms with Crippen molar-refractivity contribution in [3.05, 3.63) is 84.7 Å². The van der Waals surface area contributed by atoms with Crippen molar-refractivity contribution >= 4 is 118 Å². The van der Waals surface area contributed by atoms with Gasteiger partial charge in [-0.25, -0.2) is 33.9 Å². The van der Waals surface area contributed by atoms with E-state index in [1.165, 1.54) is 96.3 Å². The Bertz CT molecular complexity index is 2730. The molecule has 3 aliphatic heterocycles. The number of nitrogens with two attached hydrogens (primary N) is 1. The molecule has 0 amide bonds. The summed E-state index contributed by atoms with van der Waals surface area (Å²) in [5.74, 6) is 0.162. The first-order valence-electron chi connectivity index (χ1n) is 28.4. The zero-order valence-corrected chi connectivity index (χ0v) is 56.9. The van der Waals surface area contributed by atoms with Gasteiger partial charge in [-0.15, -0.1) is 0 Å². The molecule has 0 radical (unpaired) electrons. The number of hydrogen-bond acceptors (Lipinski definition) is 17. The number of unbranched alkanes of at least 4 members (excludes halogenated alkanes) is 2. The zero-order valence-electron chi connectivity index (χ0n) is 50.0. The Hall–Kier alpha value is -2.34. The first-order chi connectivity index (χ1) is 40.2. The van der Waals surface area contributed by atoms with Crippen LogP contribution in [0.1, 0.15) is 57.8 Å². The zero-order chi connectivity index (χ0) is 63.3. The molecule has 3 aromatic carbocycles. The van der Waals surface area contributed by atoms with Gasteiger partial charge in [0.05, 0.1) is 30.1 Å². The maximum Gasteiger partial charge on any atom is 0.293 e. The van der Waals surface area contributed by atoms with Gasteiger partial charge in [0.2, 0.25) is 30.1 Å². The minimum absolute atomic E-state index is 0.00579. The number of rotatable bonds is 29. The van der Waals surface area contributed by atoms with Gasteiger partial charge in [0.1, 0.15) is 32.9 Å². The summed E-state index contributed by atoms with van der Waals surface area (Å²) in [6.45, 7) is 18.1. The number of halogens is 6. The van der Waals surface area contributed by atoms with Crippen LogP contribution >= 0.6 is 69.6 Å². The predicted molar refractivity (Wildman–Crippen MR) is 343 cm³/mol. The van der Waals surface area contributed by atoms with Gasteiger partial charge in [-0.3, -0.25) is 14.4 Å². The molecule has 482 valence electrons. The van der Waals surface area contributed by atoms with Gasteiger partial charge in [0.25, 0.3) is 6.47 Å². The van der Waals surface area contributed by atoms with E-state index in [0.717, 1.165) is 117 Å². The fourth-order valence-electron chi connectivity index (χ4n) is 8.80. The SMILES string of the molecule is CN(CCOC=O)S(=O)(=O)c1cccc(Cl)c1Cl.CN1CCN(CCCCC(=O)CCN(C)S(=O)(=O)c2cccc(Cl)c2Cl)CC1.CN1CCN(CCCCC(=O)CCN(C)S(=O)(=O)c2cccc(Cl)c2Cl)CC1.CN1CCN(CCCN)CC1. The molecule has 29 heteroatoms. The van der Waals surface area contributed by atoms with Crippen LogP contribution in [0.2, 0.25) is 30.1 Å². The quantitative estimate of drug-likeness (QED) is 0.0531. The van der Waals surface area contributed by atoms with E-state index in [4.69, 9.17) is 75.3 Å². The van der Waals surface area contributed by atoms with Crippen LogP contribution in [0.5, 0.6) is 0 Å². The highest BCUT2D eigenvalue weighted by atomic mass is 35.5. The molecule has 0 spiro atoms. The number of benzene rings is 3. The van der Waals surface area contributed by atoms with Gasteiger partial charge in [-0.05, 0) is 116 Å². The highest BCUT2D eigenvalue weighted by Gasteiger charge is 2.28. The second-order valence-corrected chi connectivity index (χ2v) is 29.6. The van der Waals surface area contributed by atoms with E-state index in [9.17, 15) is 39.6 Å². The summed E-state index contributed by atoms with van der Waals surface area (Å²) in [5, 5.41) is 0.523. The van der Waals surface area contributed by atoms with Crippen LogP contribution in [0.3, 0.4) is 0 Å². The fraction of sp³-hybridized carbons (Fsp3) is 0.625. The number of sulfonamides is 3. The van der Waals surface area contributed by atoms with E-state index in [2.05, 4.69) is 55.3 Å². The summed E-state index contributed by atoms with van der Waals surface area (Å²) < 4.78 is 82.6. The highest BCUT2D eigenvalue weighted by molar-refractivity contribution is 7.89. The summed E-state index contributed by atoms with van der Waals surface area (Å²) in [6.07, 6.45) is 6.15. The molecule has 85 heavy (non-hydrogen) atoms. The van der Waals surface area contributed by atoms with Crippen molar-refractivity contribution in [2.24, 2.45) is 5.73 Å². The van der Waals surface area contributed by atoms with E-state index < -0.39 is 30.1 Å². The average Bonchev–Trinajstić information content (AvgIpc) is 3.27. The molecule has 2 N–H and O–H groups in total. The Kier molecular flexibility index (Phi) is 35.9. The van der Waals surface area contributed by atoms with Crippen molar-refractivity contribution < 1.29 is 44.4 Å². The predicted octanol–water partition coefficient (Wildman–Crippen LogP) is 7.35. The van der Waals surface area contributed by atoms with Gasteiger partial charge in [0.15, 0.2) is 0 Å². The number of carbonyl (C=O) groups excluding carboxylic acids is 3. The molecule has 20 nitrogen and oxygen atoms in total. The molecule has 0 saturated carbocycles. The summed E-state index contributed by atoms with van der Waals surface area (Å²) in [4.78, 5) is 48.5. The summed E-state index contributed by atoms with van der Waals surface area (Å²) >= 11 is 35.5. The van der Waals surface area contributed by atoms with Crippen molar-refractivity contribution in [1.82, 2.24) is 42.3 Å². The van der Waals surface area contributed by atoms with Crippen LogP contribution in [0, 0.1) is 0 Å². The van der Waals surface area contributed by atoms with Crippen LogP contribution in [0.15, 0.2) is 69.3 Å². The standard InChI is InChI=1S/2C19H29Cl2N3O3S.C10H11Cl2NO4S.C8H19N3/c2*1-22-12-14-24(15-13-22)10-4-3-6-16(25)9-11-23(2)28(26,27)18-8-5-7-17(20)19(18)21;1-13(5-6-17-7-14)18(15,16)9-4-2-3-8(11)10(9)12;1-10-5-7-11(8-6-10)4-2-3-9/h2*5,7-8H,3-4,6,9-15H2,1-2H3;2-4,7H,5-6H2,1H3;2-9H2,1H3. The van der Waals surface area contributed by atoms with Crippen molar-refractivity contribution in [1.29, 1.82) is 0 Å². The van der Waals surface area contributed by atoms with Crippen molar-refractivity contribution in [2.75, 3.05) is 173 Å². The van der Waals surface area contributed by atoms with Gasteiger partial charge in [0, 0.05) is 145 Å². The maximum absolute atomic E-state index is 12.6. The Labute approximate surface area is 536 Å². The summed E-state index contributed by atoms with van der Waals surface area (Å²) in [7, 11) is -0.597. The number of hydrogen-bond donors (Lipinski definition) is 1. The number of piperazine rings is 3. The molecule has 0 atom stereocenters. The summed E-state index contributed by atoms with van der Waals surface area (Å²) in [6, 6.07) is 13.3. The van der Waals surface area contributed by atoms with Gasteiger partial charge in [-0.2, -0.15) is 4.31 Å². The van der Waals surface area contributed by atoms with Crippen molar-refractivity contribution in [3.8, 4) is 0 Å². The first kappa shape index (κ1) is 76.9. The average molecular weight is 1370 g/mol. The number of Topliss-reactive ketones (excluding diaryl/α,β-unsaturated/α-hetero) is 2. The number of nitrogens with zero attached hydrogens (tertiary/aromatic N) is 9. The molecular formula is C56H88Cl6N10O10S3. The van der Waals surface area contributed by atoms with Crippen molar-refractivity contribution in [2.45, 2.75) is 72.5 Å². The third-order valence-corrected chi connectivity index (χ3v) is 23.1. The van der Waals surface area contributed by atoms with Gasteiger partial charge in [-0.1, -0.05) is 87.8 Å². The highest BCUT2D eigenvalue weighted by Crippen LogP contribution is 2.33. The largest absolute Gasteiger partial charge is 0.466 e. The fourth-order valence-corrected chi connectivity index (χ4v) is 14.5. The van der Waals surface area contributed by atoms with Crippen LogP contribution < -0.4 is 5.73 Å². The monoisotopic (exact) mass is 1370 g/mol. The van der Waals surface area contributed by atoms with Crippen LogP contribution in [0.4, 0.5) is 0 Å². The van der Waals surface area contributed by atoms with E-state index in [1.54, 1.807) is 12.1 Å². The van der Waals surface area contributed by atoms with E-state index in [1.807, 2.05) is 0 Å². The lowest BCUT2D eigenvalue weighted by Crippen LogP contribution is -2.44. The summed E-state index contributed by atoms with van der Waals surface area (Å²) in [5.41, 5.74) is 5.44. The second-order valence-electron chi connectivity index (χ2n) is 21.2.